The predicted molar refractivity (Wildman–Crippen MR) is 90.8 cm³/mol. The maximum Gasteiger partial charge on any atom is 0.335 e. The molecule has 2 aromatic carbocycles. The zero-order valence-electron chi connectivity index (χ0n) is 13.4. The van der Waals surface area contributed by atoms with Gasteiger partial charge < -0.3 is 10.2 Å². The third-order valence-electron chi connectivity index (χ3n) is 3.48. The number of hydrogen-bond donors (Lipinski definition) is 2. The van der Waals surface area contributed by atoms with Gasteiger partial charge in [0.2, 0.25) is 0 Å². The van der Waals surface area contributed by atoms with Crippen LogP contribution in [-0.2, 0) is 10.0 Å². The van der Waals surface area contributed by atoms with Crippen LogP contribution in [-0.4, -0.2) is 37.2 Å². The number of nitrogens with zero attached hydrogens (tertiary/aromatic N) is 1. The molecule has 0 saturated heterocycles. The summed E-state index contributed by atoms with van der Waals surface area (Å²) in [5.74, 6) is -1.20. The summed E-state index contributed by atoms with van der Waals surface area (Å²) in [5, 5.41) is 18.8. The van der Waals surface area contributed by atoms with Gasteiger partial charge in [-0.2, -0.15) is 0 Å². The normalized spacial score (nSPS) is 12.6. The van der Waals surface area contributed by atoms with E-state index in [2.05, 4.69) is 0 Å². The van der Waals surface area contributed by atoms with E-state index in [4.69, 9.17) is 5.11 Å². The monoisotopic (exact) mass is 349 g/mol. The Morgan fingerprint density at radius 3 is 2.33 bits per heavy atom. The van der Waals surface area contributed by atoms with Gasteiger partial charge in [0, 0.05) is 0 Å². The lowest BCUT2D eigenvalue weighted by Gasteiger charge is -2.26. The summed E-state index contributed by atoms with van der Waals surface area (Å²) in [7, 11) is -4.03. The molecule has 0 spiro atoms. The molecule has 0 radical (unpaired) electrons. The average molecular weight is 349 g/mol. The SMILES string of the molecule is Cc1ccc(C(=O)O)cc1S(=O)(=O)N(C[C@H](C)O)c1ccccc1. The summed E-state index contributed by atoms with van der Waals surface area (Å²) in [4.78, 5) is 11.1. The van der Waals surface area contributed by atoms with E-state index >= 15 is 0 Å². The van der Waals surface area contributed by atoms with Crippen molar-refractivity contribution in [3.63, 3.8) is 0 Å². The molecule has 1 atom stereocenters. The number of carbonyl (C=O) groups is 1. The van der Waals surface area contributed by atoms with Crippen LogP contribution in [0.4, 0.5) is 5.69 Å². The van der Waals surface area contributed by atoms with E-state index in [0.717, 1.165) is 10.4 Å². The molecule has 0 aliphatic rings. The van der Waals surface area contributed by atoms with Crippen molar-refractivity contribution >= 4 is 21.7 Å². The standard InChI is InChI=1S/C17H19NO5S/c1-12-8-9-14(17(20)21)10-16(12)24(22,23)18(11-13(2)19)15-6-4-3-5-7-15/h3-10,13,19H,11H2,1-2H3,(H,20,21)/t13-/m0/s1. The summed E-state index contributed by atoms with van der Waals surface area (Å²) < 4.78 is 27.3. The van der Waals surface area contributed by atoms with Gasteiger partial charge in [0.1, 0.15) is 0 Å². The van der Waals surface area contributed by atoms with Gasteiger partial charge in [-0.25, -0.2) is 13.2 Å². The van der Waals surface area contributed by atoms with Gasteiger partial charge in [-0.05, 0) is 43.7 Å². The molecule has 2 aromatic rings. The molecular weight excluding hydrogens is 330 g/mol. The van der Waals surface area contributed by atoms with E-state index in [1.54, 1.807) is 37.3 Å². The molecule has 0 bridgehead atoms. The Bertz CT molecular complexity index is 831. The molecule has 2 N–H and O–H groups in total. The van der Waals surface area contributed by atoms with E-state index in [0.29, 0.717) is 11.3 Å². The number of hydrogen-bond acceptors (Lipinski definition) is 4. The van der Waals surface area contributed by atoms with Crippen molar-refractivity contribution < 1.29 is 23.4 Å². The first-order valence-corrected chi connectivity index (χ1v) is 8.77. The highest BCUT2D eigenvalue weighted by molar-refractivity contribution is 7.92. The average Bonchev–Trinajstić information content (AvgIpc) is 2.53. The summed E-state index contributed by atoms with van der Waals surface area (Å²) in [6.45, 7) is 2.96. The highest BCUT2D eigenvalue weighted by Gasteiger charge is 2.28. The number of para-hydroxylation sites is 1. The highest BCUT2D eigenvalue weighted by atomic mass is 32.2. The Labute approximate surface area is 141 Å². The molecule has 128 valence electrons. The lowest BCUT2D eigenvalue weighted by molar-refractivity contribution is 0.0696. The molecule has 6 nitrogen and oxygen atoms in total. The predicted octanol–water partition coefficient (Wildman–Crippen LogP) is 2.27. The molecule has 0 aromatic heterocycles. The van der Waals surface area contributed by atoms with Crippen LogP contribution < -0.4 is 4.31 Å². The van der Waals surface area contributed by atoms with Crippen LogP contribution in [0.5, 0.6) is 0 Å². The first-order chi connectivity index (χ1) is 11.2. The van der Waals surface area contributed by atoms with E-state index in [9.17, 15) is 18.3 Å². The number of rotatable bonds is 6. The van der Waals surface area contributed by atoms with E-state index in [1.165, 1.54) is 19.1 Å². The Balaban J connectivity index is 2.60. The van der Waals surface area contributed by atoms with Crippen molar-refractivity contribution in [1.82, 2.24) is 0 Å². The fraction of sp³-hybridized carbons (Fsp3) is 0.235. The zero-order valence-corrected chi connectivity index (χ0v) is 14.2. The molecule has 0 aliphatic carbocycles. The van der Waals surface area contributed by atoms with Crippen molar-refractivity contribution in [2.45, 2.75) is 24.8 Å². The lowest BCUT2D eigenvalue weighted by atomic mass is 10.1. The fourth-order valence-corrected chi connectivity index (χ4v) is 4.11. The Kier molecular flexibility index (Phi) is 5.26. The van der Waals surface area contributed by atoms with Gasteiger partial charge >= 0.3 is 5.97 Å². The van der Waals surface area contributed by atoms with Crippen molar-refractivity contribution in [1.29, 1.82) is 0 Å². The smallest absolute Gasteiger partial charge is 0.335 e. The number of carboxylic acid groups (broad SMARTS) is 1. The molecule has 0 heterocycles. The van der Waals surface area contributed by atoms with E-state index in [-0.39, 0.29) is 17.0 Å². The number of aliphatic hydroxyl groups excluding tert-OH is 1. The largest absolute Gasteiger partial charge is 0.478 e. The number of anilines is 1. The van der Waals surface area contributed by atoms with Crippen molar-refractivity contribution in [3.05, 3.63) is 59.7 Å². The van der Waals surface area contributed by atoms with Crippen LogP contribution in [0.2, 0.25) is 0 Å². The minimum Gasteiger partial charge on any atom is -0.478 e. The maximum absolute atomic E-state index is 13.1. The first-order valence-electron chi connectivity index (χ1n) is 7.33. The zero-order chi connectivity index (χ0) is 17.9. The summed E-state index contributed by atoms with van der Waals surface area (Å²) in [6, 6.07) is 12.4. The number of aliphatic hydroxyl groups is 1. The number of carboxylic acids is 1. The number of aryl methyl sites for hydroxylation is 1. The molecular formula is C17H19NO5S. The second-order valence-corrected chi connectivity index (χ2v) is 7.34. The first kappa shape index (κ1) is 18.0. The molecule has 2 rings (SSSR count). The van der Waals surface area contributed by atoms with Gasteiger partial charge in [-0.1, -0.05) is 24.3 Å². The van der Waals surface area contributed by atoms with Gasteiger partial charge in [0.15, 0.2) is 0 Å². The van der Waals surface area contributed by atoms with Crippen LogP contribution in [0, 0.1) is 6.92 Å². The van der Waals surface area contributed by atoms with Crippen LogP contribution in [0.25, 0.3) is 0 Å². The minimum absolute atomic E-state index is 0.0908. The molecule has 0 unspecified atom stereocenters. The van der Waals surface area contributed by atoms with Gasteiger partial charge in [0.05, 0.1) is 28.8 Å². The Hall–Kier alpha value is -2.38. The van der Waals surface area contributed by atoms with Gasteiger partial charge in [-0.15, -0.1) is 0 Å². The molecule has 0 amide bonds. The molecule has 24 heavy (non-hydrogen) atoms. The topological polar surface area (TPSA) is 94.9 Å². The summed E-state index contributed by atoms with van der Waals surface area (Å²) in [5.41, 5.74) is 0.731. The van der Waals surface area contributed by atoms with Crippen LogP contribution in [0.1, 0.15) is 22.8 Å². The molecule has 7 heteroatoms. The number of benzene rings is 2. The van der Waals surface area contributed by atoms with Crippen LogP contribution in [0.15, 0.2) is 53.4 Å². The van der Waals surface area contributed by atoms with Crippen LogP contribution >= 0.6 is 0 Å². The van der Waals surface area contributed by atoms with Crippen LogP contribution in [0.3, 0.4) is 0 Å². The second-order valence-electron chi connectivity index (χ2n) is 5.51. The fourth-order valence-electron chi connectivity index (χ4n) is 2.31. The van der Waals surface area contributed by atoms with Gasteiger partial charge in [-0.3, -0.25) is 4.31 Å². The quantitative estimate of drug-likeness (QED) is 0.834. The second kappa shape index (κ2) is 7.02. The van der Waals surface area contributed by atoms with Crippen molar-refractivity contribution in [2.75, 3.05) is 10.8 Å². The highest BCUT2D eigenvalue weighted by Crippen LogP contribution is 2.26. The third kappa shape index (κ3) is 3.74. The lowest BCUT2D eigenvalue weighted by Crippen LogP contribution is -2.37. The van der Waals surface area contributed by atoms with E-state index in [1.807, 2.05) is 0 Å². The maximum atomic E-state index is 13.1. The molecule has 0 fully saturated rings. The summed E-state index contributed by atoms with van der Waals surface area (Å²) in [6.07, 6.45) is -0.886. The van der Waals surface area contributed by atoms with Crippen molar-refractivity contribution in [3.8, 4) is 0 Å². The third-order valence-corrected chi connectivity index (χ3v) is 5.41. The molecule has 0 aliphatic heterocycles. The Morgan fingerprint density at radius 2 is 1.79 bits per heavy atom. The molecule has 0 saturated carbocycles. The number of aromatic carboxylic acids is 1. The minimum atomic E-state index is -4.03. The van der Waals surface area contributed by atoms with E-state index < -0.39 is 22.1 Å². The number of sulfonamides is 1. The summed E-state index contributed by atoms with van der Waals surface area (Å²) >= 11 is 0. The van der Waals surface area contributed by atoms with Crippen molar-refractivity contribution in [2.24, 2.45) is 0 Å². The Morgan fingerprint density at radius 1 is 1.17 bits per heavy atom. The van der Waals surface area contributed by atoms with Gasteiger partial charge in [0.25, 0.3) is 10.0 Å².